The van der Waals surface area contributed by atoms with Crippen molar-refractivity contribution in [1.82, 2.24) is 4.90 Å². The Kier molecular flexibility index (Phi) is 2.88. The maximum atomic E-state index is 10.8. The van der Waals surface area contributed by atoms with Crippen LogP contribution < -0.4 is 5.73 Å². The monoisotopic (exact) mass is 174 g/mol. The fraction of sp³-hybridized carbons (Fsp3) is 0.857. The van der Waals surface area contributed by atoms with Crippen molar-refractivity contribution in [2.45, 2.75) is 31.5 Å². The molecule has 4 N–H and O–H groups in total. The van der Waals surface area contributed by atoms with Crippen LogP contribution in [0.3, 0.4) is 0 Å². The minimum absolute atomic E-state index is 0.0150. The van der Waals surface area contributed by atoms with E-state index >= 15 is 0 Å². The van der Waals surface area contributed by atoms with Crippen LogP contribution in [0.25, 0.3) is 0 Å². The molecule has 2 amide bonds. The topological polar surface area (TPSA) is 86.8 Å². The van der Waals surface area contributed by atoms with Gasteiger partial charge in [0.1, 0.15) is 6.23 Å². The van der Waals surface area contributed by atoms with E-state index in [0.717, 1.165) is 0 Å². The fourth-order valence-electron chi connectivity index (χ4n) is 1.62. The van der Waals surface area contributed by atoms with Crippen molar-refractivity contribution in [2.75, 3.05) is 6.61 Å². The number of urea groups is 1. The van der Waals surface area contributed by atoms with Crippen LogP contribution in [0.15, 0.2) is 0 Å². The summed E-state index contributed by atoms with van der Waals surface area (Å²) in [4.78, 5) is 12.0. The molecule has 0 aromatic carbocycles. The van der Waals surface area contributed by atoms with Gasteiger partial charge in [-0.25, -0.2) is 4.79 Å². The van der Waals surface area contributed by atoms with Crippen LogP contribution in [0.1, 0.15) is 19.3 Å². The second-order valence-electron chi connectivity index (χ2n) is 2.97. The zero-order valence-corrected chi connectivity index (χ0v) is 6.81. The SMILES string of the molecule is NC(=O)N1C(O)CC[C@@H]1CCO. The van der Waals surface area contributed by atoms with Crippen molar-refractivity contribution in [3.63, 3.8) is 0 Å². The summed E-state index contributed by atoms with van der Waals surface area (Å²) in [6.45, 7) is 0.0150. The molecule has 0 aromatic rings. The lowest BCUT2D eigenvalue weighted by atomic mass is 10.1. The van der Waals surface area contributed by atoms with Crippen LogP contribution in [0.5, 0.6) is 0 Å². The Labute approximate surface area is 70.8 Å². The number of amides is 2. The second kappa shape index (κ2) is 3.73. The molecule has 0 aromatic heterocycles. The standard InChI is InChI=1S/C7H14N2O3/c8-7(12)9-5(3-4-10)1-2-6(9)11/h5-6,10-11H,1-4H2,(H2,8,12)/t5-,6?/m1/s1. The highest BCUT2D eigenvalue weighted by Crippen LogP contribution is 2.23. The van der Waals surface area contributed by atoms with E-state index in [1.807, 2.05) is 0 Å². The van der Waals surface area contributed by atoms with E-state index < -0.39 is 12.3 Å². The molecule has 12 heavy (non-hydrogen) atoms. The van der Waals surface area contributed by atoms with Crippen LogP contribution in [-0.2, 0) is 0 Å². The van der Waals surface area contributed by atoms with Gasteiger partial charge in [0.25, 0.3) is 0 Å². The van der Waals surface area contributed by atoms with Crippen molar-refractivity contribution in [1.29, 1.82) is 0 Å². The molecule has 1 unspecified atom stereocenters. The van der Waals surface area contributed by atoms with E-state index in [0.29, 0.717) is 19.3 Å². The van der Waals surface area contributed by atoms with Crippen LogP contribution in [0.2, 0.25) is 0 Å². The number of hydrogen-bond acceptors (Lipinski definition) is 3. The van der Waals surface area contributed by atoms with Gasteiger partial charge in [0, 0.05) is 12.6 Å². The van der Waals surface area contributed by atoms with Crippen LogP contribution in [0, 0.1) is 0 Å². The smallest absolute Gasteiger partial charge is 0.317 e. The zero-order valence-electron chi connectivity index (χ0n) is 6.81. The van der Waals surface area contributed by atoms with E-state index in [4.69, 9.17) is 10.8 Å². The average molecular weight is 174 g/mol. The Morgan fingerprint density at radius 2 is 2.25 bits per heavy atom. The lowest BCUT2D eigenvalue weighted by Crippen LogP contribution is -2.44. The number of primary amides is 1. The summed E-state index contributed by atoms with van der Waals surface area (Å²) in [6, 6.07) is -0.707. The lowest BCUT2D eigenvalue weighted by molar-refractivity contribution is 0.0437. The van der Waals surface area contributed by atoms with Gasteiger partial charge in [-0.05, 0) is 19.3 Å². The number of carbonyl (C=O) groups excluding carboxylic acids is 1. The van der Waals surface area contributed by atoms with Crippen LogP contribution >= 0.6 is 0 Å². The minimum atomic E-state index is -0.765. The summed E-state index contributed by atoms with van der Waals surface area (Å²) < 4.78 is 0. The first kappa shape index (κ1) is 9.28. The van der Waals surface area contributed by atoms with Gasteiger partial charge < -0.3 is 15.9 Å². The lowest BCUT2D eigenvalue weighted by Gasteiger charge is -2.24. The molecule has 0 aliphatic carbocycles. The molecule has 0 bridgehead atoms. The van der Waals surface area contributed by atoms with Gasteiger partial charge in [-0.15, -0.1) is 0 Å². The summed E-state index contributed by atoms with van der Waals surface area (Å²) in [5.74, 6) is 0. The summed E-state index contributed by atoms with van der Waals surface area (Å²) in [5.41, 5.74) is 5.05. The van der Waals surface area contributed by atoms with Gasteiger partial charge in [-0.2, -0.15) is 0 Å². The quantitative estimate of drug-likeness (QED) is 0.513. The minimum Gasteiger partial charge on any atom is -0.396 e. The van der Waals surface area contributed by atoms with Crippen molar-refractivity contribution in [3.8, 4) is 0 Å². The average Bonchev–Trinajstić information content (AvgIpc) is 2.32. The molecule has 1 aliphatic rings. The zero-order chi connectivity index (χ0) is 9.14. The number of nitrogens with two attached hydrogens (primary N) is 1. The summed E-state index contributed by atoms with van der Waals surface area (Å²) >= 11 is 0. The maximum absolute atomic E-state index is 10.8. The molecule has 1 saturated heterocycles. The highest BCUT2D eigenvalue weighted by molar-refractivity contribution is 5.72. The number of likely N-dealkylation sites (tertiary alicyclic amines) is 1. The summed E-state index contributed by atoms with van der Waals surface area (Å²) in [5, 5.41) is 18.0. The van der Waals surface area contributed by atoms with Crippen molar-refractivity contribution >= 4 is 6.03 Å². The molecular weight excluding hydrogens is 160 g/mol. The number of carbonyl (C=O) groups is 1. The maximum Gasteiger partial charge on any atom is 0.317 e. The van der Waals surface area contributed by atoms with Crippen molar-refractivity contribution < 1.29 is 15.0 Å². The Morgan fingerprint density at radius 3 is 2.75 bits per heavy atom. The first-order chi connectivity index (χ1) is 5.66. The Balaban J connectivity index is 2.57. The molecule has 0 radical (unpaired) electrons. The summed E-state index contributed by atoms with van der Waals surface area (Å²) in [6.07, 6.45) is 0.984. The molecule has 1 fully saturated rings. The third kappa shape index (κ3) is 1.67. The summed E-state index contributed by atoms with van der Waals surface area (Å²) in [7, 11) is 0. The van der Waals surface area contributed by atoms with E-state index in [1.54, 1.807) is 0 Å². The molecule has 1 rings (SSSR count). The second-order valence-corrected chi connectivity index (χ2v) is 2.97. The van der Waals surface area contributed by atoms with Gasteiger partial charge >= 0.3 is 6.03 Å². The van der Waals surface area contributed by atoms with Crippen LogP contribution in [0.4, 0.5) is 4.79 Å². The number of aliphatic hydroxyl groups is 2. The van der Waals surface area contributed by atoms with Crippen LogP contribution in [-0.4, -0.2) is 40.0 Å². The van der Waals surface area contributed by atoms with Gasteiger partial charge in [-0.3, -0.25) is 4.90 Å². The predicted molar refractivity (Wildman–Crippen MR) is 42.2 cm³/mol. The van der Waals surface area contributed by atoms with E-state index in [9.17, 15) is 9.90 Å². The predicted octanol–water partition coefficient (Wildman–Crippen LogP) is -0.770. The van der Waals surface area contributed by atoms with E-state index in [2.05, 4.69) is 0 Å². The Hall–Kier alpha value is -0.810. The third-order valence-corrected chi connectivity index (χ3v) is 2.19. The van der Waals surface area contributed by atoms with Crippen molar-refractivity contribution in [3.05, 3.63) is 0 Å². The van der Waals surface area contributed by atoms with Gasteiger partial charge in [0.05, 0.1) is 0 Å². The molecular formula is C7H14N2O3. The molecule has 1 heterocycles. The molecule has 5 nitrogen and oxygen atoms in total. The normalized spacial score (nSPS) is 29.3. The van der Waals surface area contributed by atoms with Gasteiger partial charge in [0.15, 0.2) is 0 Å². The Bertz CT molecular complexity index is 172. The Morgan fingerprint density at radius 1 is 1.58 bits per heavy atom. The molecule has 0 spiro atoms. The molecule has 1 aliphatic heterocycles. The number of hydrogen-bond donors (Lipinski definition) is 3. The number of aliphatic hydroxyl groups excluding tert-OH is 2. The van der Waals surface area contributed by atoms with Crippen molar-refractivity contribution in [2.24, 2.45) is 5.73 Å². The van der Waals surface area contributed by atoms with Gasteiger partial charge in [0.2, 0.25) is 0 Å². The fourth-order valence-corrected chi connectivity index (χ4v) is 1.62. The molecule has 0 saturated carbocycles. The number of nitrogens with zero attached hydrogens (tertiary/aromatic N) is 1. The van der Waals surface area contributed by atoms with E-state index in [1.165, 1.54) is 4.90 Å². The molecule has 5 heteroatoms. The van der Waals surface area contributed by atoms with Gasteiger partial charge in [-0.1, -0.05) is 0 Å². The number of rotatable bonds is 2. The first-order valence-corrected chi connectivity index (χ1v) is 4.03. The van der Waals surface area contributed by atoms with E-state index in [-0.39, 0.29) is 12.6 Å². The largest absolute Gasteiger partial charge is 0.396 e. The third-order valence-electron chi connectivity index (χ3n) is 2.19. The molecule has 2 atom stereocenters. The highest BCUT2D eigenvalue weighted by atomic mass is 16.3. The highest BCUT2D eigenvalue weighted by Gasteiger charge is 2.33. The first-order valence-electron chi connectivity index (χ1n) is 4.03. The molecule has 70 valence electrons.